The molecule has 96 valence electrons. The van der Waals surface area contributed by atoms with Gasteiger partial charge in [-0.15, -0.1) is 0 Å². The predicted octanol–water partition coefficient (Wildman–Crippen LogP) is 1.37. The summed E-state index contributed by atoms with van der Waals surface area (Å²) in [7, 11) is 0. The maximum atomic E-state index is 5.25. The molecule has 2 N–H and O–H groups in total. The SMILES string of the molecule is CCNC(=NCc1ccco1)NCCOCC. The molecule has 0 spiro atoms. The Balaban J connectivity index is 2.33. The molecule has 5 heteroatoms. The minimum absolute atomic E-state index is 0.539. The maximum absolute atomic E-state index is 5.25. The van der Waals surface area contributed by atoms with Crippen molar-refractivity contribution in [2.45, 2.75) is 20.4 Å². The van der Waals surface area contributed by atoms with Crippen LogP contribution in [0.5, 0.6) is 0 Å². The molecule has 0 amide bonds. The molecule has 1 aromatic heterocycles. The van der Waals surface area contributed by atoms with Gasteiger partial charge in [-0.3, -0.25) is 0 Å². The maximum Gasteiger partial charge on any atom is 0.191 e. The first-order valence-corrected chi connectivity index (χ1v) is 5.99. The minimum atomic E-state index is 0.539. The average Bonchev–Trinajstić information content (AvgIpc) is 2.84. The smallest absolute Gasteiger partial charge is 0.191 e. The Morgan fingerprint density at radius 3 is 2.94 bits per heavy atom. The summed E-state index contributed by atoms with van der Waals surface area (Å²) in [4.78, 5) is 4.40. The summed E-state index contributed by atoms with van der Waals surface area (Å²) in [6.07, 6.45) is 1.65. The number of hydrogen-bond acceptors (Lipinski definition) is 3. The summed E-state index contributed by atoms with van der Waals surface area (Å²) >= 11 is 0. The zero-order chi connectivity index (χ0) is 12.3. The first-order chi connectivity index (χ1) is 8.36. The second-order valence-electron chi connectivity index (χ2n) is 3.40. The van der Waals surface area contributed by atoms with Crippen LogP contribution >= 0.6 is 0 Å². The van der Waals surface area contributed by atoms with Crippen molar-refractivity contribution >= 4 is 5.96 Å². The molecule has 1 rings (SSSR count). The molecule has 0 aromatic carbocycles. The highest BCUT2D eigenvalue weighted by Gasteiger charge is 1.98. The molecule has 0 fully saturated rings. The molecule has 0 aliphatic rings. The monoisotopic (exact) mass is 239 g/mol. The lowest BCUT2D eigenvalue weighted by Crippen LogP contribution is -2.38. The van der Waals surface area contributed by atoms with E-state index in [-0.39, 0.29) is 0 Å². The van der Waals surface area contributed by atoms with Crippen LogP contribution in [0, 0.1) is 0 Å². The topological polar surface area (TPSA) is 58.8 Å². The summed E-state index contributed by atoms with van der Waals surface area (Å²) in [5, 5.41) is 6.35. The Kier molecular flexibility index (Phi) is 6.90. The van der Waals surface area contributed by atoms with Crippen LogP contribution in [-0.4, -0.2) is 32.3 Å². The number of hydrogen-bond donors (Lipinski definition) is 2. The summed E-state index contributed by atoms with van der Waals surface area (Å²) in [6.45, 7) is 7.56. The molecule has 0 aliphatic heterocycles. The number of aliphatic imine (C=N–C) groups is 1. The third-order valence-corrected chi connectivity index (χ3v) is 2.06. The summed E-state index contributed by atoms with van der Waals surface area (Å²) in [6, 6.07) is 3.77. The molecule has 0 saturated carbocycles. The molecule has 1 aromatic rings. The van der Waals surface area contributed by atoms with Gasteiger partial charge in [0.1, 0.15) is 12.3 Å². The minimum Gasteiger partial charge on any atom is -0.467 e. The zero-order valence-electron chi connectivity index (χ0n) is 10.5. The van der Waals surface area contributed by atoms with E-state index in [9.17, 15) is 0 Å². The lowest BCUT2D eigenvalue weighted by atomic mass is 10.4. The van der Waals surface area contributed by atoms with Gasteiger partial charge in [0.15, 0.2) is 5.96 Å². The van der Waals surface area contributed by atoms with Crippen LogP contribution in [0.15, 0.2) is 27.8 Å². The molecule has 0 bridgehead atoms. The van der Waals surface area contributed by atoms with Crippen LogP contribution in [0.3, 0.4) is 0 Å². The Morgan fingerprint density at radius 2 is 2.29 bits per heavy atom. The van der Waals surface area contributed by atoms with E-state index in [1.165, 1.54) is 0 Å². The van der Waals surface area contributed by atoms with Crippen LogP contribution in [0.2, 0.25) is 0 Å². The molecule has 5 nitrogen and oxygen atoms in total. The van der Waals surface area contributed by atoms with E-state index in [0.717, 1.165) is 31.4 Å². The van der Waals surface area contributed by atoms with Gasteiger partial charge in [-0.25, -0.2) is 4.99 Å². The van der Waals surface area contributed by atoms with E-state index in [0.29, 0.717) is 13.2 Å². The molecule has 0 unspecified atom stereocenters. The lowest BCUT2D eigenvalue weighted by Gasteiger charge is -2.10. The summed E-state index contributed by atoms with van der Waals surface area (Å²) in [5.41, 5.74) is 0. The average molecular weight is 239 g/mol. The Bertz CT molecular complexity index is 310. The van der Waals surface area contributed by atoms with Crippen molar-refractivity contribution in [3.05, 3.63) is 24.2 Å². The first kappa shape index (κ1) is 13.6. The van der Waals surface area contributed by atoms with Gasteiger partial charge in [-0.05, 0) is 26.0 Å². The van der Waals surface area contributed by atoms with E-state index in [4.69, 9.17) is 9.15 Å². The van der Waals surface area contributed by atoms with Crippen molar-refractivity contribution in [1.82, 2.24) is 10.6 Å². The second kappa shape index (κ2) is 8.64. The van der Waals surface area contributed by atoms with Gasteiger partial charge < -0.3 is 19.8 Å². The van der Waals surface area contributed by atoms with Gasteiger partial charge in [-0.1, -0.05) is 0 Å². The van der Waals surface area contributed by atoms with E-state index in [2.05, 4.69) is 15.6 Å². The number of rotatable bonds is 7. The van der Waals surface area contributed by atoms with Gasteiger partial charge in [-0.2, -0.15) is 0 Å². The van der Waals surface area contributed by atoms with E-state index in [1.54, 1.807) is 6.26 Å². The fraction of sp³-hybridized carbons (Fsp3) is 0.583. The number of furan rings is 1. The standard InChI is InChI=1S/C12H21N3O2/c1-3-13-12(14-7-9-16-4-2)15-10-11-6-5-8-17-11/h5-6,8H,3-4,7,9-10H2,1-2H3,(H2,13,14,15). The highest BCUT2D eigenvalue weighted by atomic mass is 16.5. The van der Waals surface area contributed by atoms with Crippen molar-refractivity contribution in [3.8, 4) is 0 Å². The van der Waals surface area contributed by atoms with Crippen LogP contribution < -0.4 is 10.6 Å². The van der Waals surface area contributed by atoms with Crippen LogP contribution in [0.1, 0.15) is 19.6 Å². The first-order valence-electron chi connectivity index (χ1n) is 5.99. The Morgan fingerprint density at radius 1 is 1.41 bits per heavy atom. The molecule has 17 heavy (non-hydrogen) atoms. The molecule has 0 saturated heterocycles. The van der Waals surface area contributed by atoms with Gasteiger partial charge in [0.05, 0.1) is 12.9 Å². The summed E-state index contributed by atoms with van der Waals surface area (Å²) < 4.78 is 10.5. The van der Waals surface area contributed by atoms with Crippen molar-refractivity contribution in [2.24, 2.45) is 4.99 Å². The van der Waals surface area contributed by atoms with Crippen molar-refractivity contribution in [3.63, 3.8) is 0 Å². The third-order valence-electron chi connectivity index (χ3n) is 2.06. The third kappa shape index (κ3) is 5.97. The molecular weight excluding hydrogens is 218 g/mol. The molecule has 0 aliphatic carbocycles. The predicted molar refractivity (Wildman–Crippen MR) is 68.0 cm³/mol. The molecule has 1 heterocycles. The van der Waals surface area contributed by atoms with Crippen LogP contribution in [0.4, 0.5) is 0 Å². The van der Waals surface area contributed by atoms with Crippen LogP contribution in [-0.2, 0) is 11.3 Å². The largest absolute Gasteiger partial charge is 0.467 e. The highest BCUT2D eigenvalue weighted by Crippen LogP contribution is 2.00. The van der Waals surface area contributed by atoms with Gasteiger partial charge in [0.25, 0.3) is 0 Å². The fourth-order valence-corrected chi connectivity index (χ4v) is 1.29. The number of ether oxygens (including phenoxy) is 1. The number of nitrogens with zero attached hydrogens (tertiary/aromatic N) is 1. The van der Waals surface area contributed by atoms with E-state index >= 15 is 0 Å². The van der Waals surface area contributed by atoms with E-state index in [1.807, 2.05) is 26.0 Å². The zero-order valence-corrected chi connectivity index (χ0v) is 10.5. The van der Waals surface area contributed by atoms with Gasteiger partial charge in [0, 0.05) is 19.7 Å². The molecule has 0 atom stereocenters. The number of guanidine groups is 1. The van der Waals surface area contributed by atoms with Gasteiger partial charge >= 0.3 is 0 Å². The van der Waals surface area contributed by atoms with Gasteiger partial charge in [0.2, 0.25) is 0 Å². The van der Waals surface area contributed by atoms with Crippen molar-refractivity contribution < 1.29 is 9.15 Å². The summed E-state index contributed by atoms with van der Waals surface area (Å²) in [5.74, 6) is 1.63. The Hall–Kier alpha value is -1.49. The molecule has 0 radical (unpaired) electrons. The van der Waals surface area contributed by atoms with Crippen LogP contribution in [0.25, 0.3) is 0 Å². The lowest BCUT2D eigenvalue weighted by molar-refractivity contribution is 0.152. The second-order valence-corrected chi connectivity index (χ2v) is 3.40. The number of nitrogens with one attached hydrogen (secondary N) is 2. The molecular formula is C12H21N3O2. The Labute approximate surface area is 102 Å². The van der Waals surface area contributed by atoms with Crippen molar-refractivity contribution in [1.29, 1.82) is 0 Å². The fourth-order valence-electron chi connectivity index (χ4n) is 1.29. The van der Waals surface area contributed by atoms with Crippen molar-refractivity contribution in [2.75, 3.05) is 26.3 Å². The van der Waals surface area contributed by atoms with E-state index < -0.39 is 0 Å². The normalized spacial score (nSPS) is 11.5. The highest BCUT2D eigenvalue weighted by molar-refractivity contribution is 5.79. The quantitative estimate of drug-likeness (QED) is 0.428.